The van der Waals surface area contributed by atoms with Crippen molar-refractivity contribution in [3.8, 4) is 5.75 Å². The summed E-state index contributed by atoms with van der Waals surface area (Å²) in [6.07, 6.45) is 3.43. The van der Waals surface area contributed by atoms with E-state index in [1.807, 2.05) is 24.3 Å². The van der Waals surface area contributed by atoms with Crippen molar-refractivity contribution in [2.24, 2.45) is 10.9 Å². The Kier molecular flexibility index (Phi) is 11.6. The molecular formula is C19H33IN4O2. The fourth-order valence-corrected chi connectivity index (χ4v) is 3.05. The van der Waals surface area contributed by atoms with Gasteiger partial charge in [0.05, 0.1) is 6.61 Å². The maximum atomic E-state index is 5.75. The summed E-state index contributed by atoms with van der Waals surface area (Å²) in [5.41, 5.74) is 0.970. The quantitative estimate of drug-likeness (QED) is 0.262. The molecule has 1 aromatic carbocycles. The third-order valence-electron chi connectivity index (χ3n) is 4.36. The van der Waals surface area contributed by atoms with Gasteiger partial charge in [0, 0.05) is 52.0 Å². The van der Waals surface area contributed by atoms with Crippen LogP contribution in [0.5, 0.6) is 5.75 Å². The second-order valence-corrected chi connectivity index (χ2v) is 6.57. The predicted molar refractivity (Wildman–Crippen MR) is 119 cm³/mol. The Balaban J connectivity index is 0.00000338. The highest BCUT2D eigenvalue weighted by molar-refractivity contribution is 14.0. The van der Waals surface area contributed by atoms with Gasteiger partial charge in [0.15, 0.2) is 5.96 Å². The molecule has 1 aromatic rings. The number of likely N-dealkylation sites (tertiary alicyclic amines) is 1. The van der Waals surface area contributed by atoms with Crippen LogP contribution in [0, 0.1) is 5.92 Å². The highest BCUT2D eigenvalue weighted by Crippen LogP contribution is 2.18. The Labute approximate surface area is 174 Å². The largest absolute Gasteiger partial charge is 0.493 e. The van der Waals surface area contributed by atoms with Gasteiger partial charge in [-0.2, -0.15) is 0 Å². The molecule has 0 saturated carbocycles. The van der Waals surface area contributed by atoms with E-state index in [0.29, 0.717) is 19.1 Å². The number of benzene rings is 1. The maximum absolute atomic E-state index is 5.75. The monoisotopic (exact) mass is 476 g/mol. The summed E-state index contributed by atoms with van der Waals surface area (Å²) >= 11 is 0. The van der Waals surface area contributed by atoms with Gasteiger partial charge in [-0.1, -0.05) is 6.07 Å². The van der Waals surface area contributed by atoms with Crippen molar-refractivity contribution in [3.05, 3.63) is 24.3 Å². The molecule has 1 heterocycles. The number of piperidine rings is 1. The fraction of sp³-hybridized carbons (Fsp3) is 0.632. The number of hydrogen-bond acceptors (Lipinski definition) is 4. The maximum Gasteiger partial charge on any atom is 0.195 e. The molecule has 0 radical (unpaired) electrons. The van der Waals surface area contributed by atoms with E-state index in [0.717, 1.165) is 36.9 Å². The number of ether oxygens (including phenoxy) is 2. The molecule has 26 heavy (non-hydrogen) atoms. The smallest absolute Gasteiger partial charge is 0.195 e. The van der Waals surface area contributed by atoms with E-state index < -0.39 is 0 Å². The van der Waals surface area contributed by atoms with Gasteiger partial charge in [-0.05, 0) is 44.5 Å². The number of nitrogens with zero attached hydrogens (tertiary/aromatic N) is 2. The number of anilines is 1. The molecule has 0 aliphatic carbocycles. The molecule has 0 bridgehead atoms. The fourth-order valence-electron chi connectivity index (χ4n) is 3.05. The van der Waals surface area contributed by atoms with Crippen LogP contribution >= 0.6 is 24.0 Å². The van der Waals surface area contributed by atoms with Gasteiger partial charge in [-0.25, -0.2) is 0 Å². The van der Waals surface area contributed by atoms with Gasteiger partial charge in [0.2, 0.25) is 0 Å². The number of aliphatic imine (C=N–C) groups is 1. The molecule has 1 unspecified atom stereocenters. The first kappa shape index (κ1) is 23.0. The molecule has 0 aromatic heterocycles. The van der Waals surface area contributed by atoms with E-state index in [9.17, 15) is 0 Å². The average Bonchev–Trinajstić information content (AvgIpc) is 2.63. The normalized spacial score (nSPS) is 18.1. The molecule has 6 nitrogen and oxygen atoms in total. The van der Waals surface area contributed by atoms with E-state index in [1.54, 1.807) is 14.2 Å². The minimum absolute atomic E-state index is 0. The summed E-state index contributed by atoms with van der Waals surface area (Å²) in [5.74, 6) is 2.32. The van der Waals surface area contributed by atoms with Crippen LogP contribution in [0.15, 0.2) is 29.3 Å². The Morgan fingerprint density at radius 2 is 2.19 bits per heavy atom. The lowest BCUT2D eigenvalue weighted by Crippen LogP contribution is -2.41. The Morgan fingerprint density at radius 3 is 2.92 bits per heavy atom. The molecule has 0 amide bonds. The molecule has 1 aliphatic rings. The number of hydrogen-bond donors (Lipinski definition) is 2. The van der Waals surface area contributed by atoms with Crippen LogP contribution in [0.3, 0.4) is 0 Å². The van der Waals surface area contributed by atoms with Gasteiger partial charge in [-0.15, -0.1) is 24.0 Å². The third-order valence-corrected chi connectivity index (χ3v) is 4.36. The number of guanidine groups is 1. The van der Waals surface area contributed by atoms with Crippen molar-refractivity contribution in [2.75, 3.05) is 59.4 Å². The number of nitrogens with one attached hydrogen (secondary N) is 2. The molecule has 1 fully saturated rings. The standard InChI is InChI=1S/C19H32N4O2.HI/c1-20-19(21-14-16-7-5-10-23(2)15-16)22-17-8-4-9-18(13-17)25-12-6-11-24-3;/h4,8-9,13,16H,5-7,10-12,14-15H2,1-3H3,(H2,20,21,22);1H. The molecule has 1 aliphatic heterocycles. The van der Waals surface area contributed by atoms with Crippen molar-refractivity contribution >= 4 is 35.6 Å². The third kappa shape index (κ3) is 8.55. The van der Waals surface area contributed by atoms with Crippen LogP contribution in [0.4, 0.5) is 5.69 Å². The van der Waals surface area contributed by atoms with Crippen LogP contribution in [-0.4, -0.2) is 64.9 Å². The van der Waals surface area contributed by atoms with Crippen LogP contribution in [-0.2, 0) is 4.74 Å². The van der Waals surface area contributed by atoms with Gasteiger partial charge in [-0.3, -0.25) is 4.99 Å². The summed E-state index contributed by atoms with van der Waals surface area (Å²) in [6, 6.07) is 7.96. The highest BCUT2D eigenvalue weighted by Gasteiger charge is 2.17. The molecule has 1 atom stereocenters. The van der Waals surface area contributed by atoms with Gasteiger partial charge in [0.25, 0.3) is 0 Å². The molecule has 2 N–H and O–H groups in total. The van der Waals surface area contributed by atoms with Gasteiger partial charge < -0.3 is 25.0 Å². The summed E-state index contributed by atoms with van der Waals surface area (Å²) in [5, 5.41) is 6.78. The summed E-state index contributed by atoms with van der Waals surface area (Å²) in [4.78, 5) is 6.73. The minimum Gasteiger partial charge on any atom is -0.493 e. The summed E-state index contributed by atoms with van der Waals surface area (Å²) in [7, 11) is 5.69. The number of rotatable bonds is 8. The second kappa shape index (κ2) is 13.2. The van der Waals surface area contributed by atoms with Crippen molar-refractivity contribution in [1.82, 2.24) is 10.2 Å². The summed E-state index contributed by atoms with van der Waals surface area (Å²) < 4.78 is 10.8. The van der Waals surface area contributed by atoms with Crippen molar-refractivity contribution in [1.29, 1.82) is 0 Å². The van der Waals surface area contributed by atoms with E-state index in [1.165, 1.54) is 19.4 Å². The highest BCUT2D eigenvalue weighted by atomic mass is 127. The first-order chi connectivity index (χ1) is 12.2. The Hall–Kier alpha value is -1.06. The van der Waals surface area contributed by atoms with Crippen LogP contribution in [0.1, 0.15) is 19.3 Å². The molecule has 0 spiro atoms. The molecule has 148 valence electrons. The lowest BCUT2D eigenvalue weighted by atomic mass is 9.99. The van der Waals surface area contributed by atoms with Crippen LogP contribution < -0.4 is 15.4 Å². The number of methoxy groups -OCH3 is 1. The zero-order valence-electron chi connectivity index (χ0n) is 16.2. The predicted octanol–water partition coefficient (Wildman–Crippen LogP) is 3.05. The Bertz CT molecular complexity index is 542. The topological polar surface area (TPSA) is 58.1 Å². The zero-order valence-corrected chi connectivity index (χ0v) is 18.5. The van der Waals surface area contributed by atoms with E-state index in [-0.39, 0.29) is 24.0 Å². The molecule has 2 rings (SSSR count). The molecule has 7 heteroatoms. The average molecular weight is 476 g/mol. The minimum atomic E-state index is 0. The lowest BCUT2D eigenvalue weighted by molar-refractivity contribution is 0.172. The van der Waals surface area contributed by atoms with E-state index in [2.05, 4.69) is 27.6 Å². The SMILES string of the molecule is CN=C(NCC1CCCN(C)C1)Nc1cccc(OCCCOC)c1.I. The zero-order chi connectivity index (χ0) is 17.9. The second-order valence-electron chi connectivity index (χ2n) is 6.57. The molecular weight excluding hydrogens is 443 g/mol. The number of halogens is 1. The summed E-state index contributed by atoms with van der Waals surface area (Å²) in [6.45, 7) is 4.66. The van der Waals surface area contributed by atoms with E-state index in [4.69, 9.17) is 9.47 Å². The van der Waals surface area contributed by atoms with Gasteiger partial charge >= 0.3 is 0 Å². The van der Waals surface area contributed by atoms with Crippen molar-refractivity contribution < 1.29 is 9.47 Å². The lowest BCUT2D eigenvalue weighted by Gasteiger charge is -2.30. The first-order valence-corrected chi connectivity index (χ1v) is 9.09. The van der Waals surface area contributed by atoms with Crippen molar-refractivity contribution in [3.63, 3.8) is 0 Å². The Morgan fingerprint density at radius 1 is 1.35 bits per heavy atom. The van der Waals surface area contributed by atoms with Crippen LogP contribution in [0.25, 0.3) is 0 Å². The van der Waals surface area contributed by atoms with Crippen LogP contribution in [0.2, 0.25) is 0 Å². The van der Waals surface area contributed by atoms with Crippen molar-refractivity contribution in [2.45, 2.75) is 19.3 Å². The van der Waals surface area contributed by atoms with E-state index >= 15 is 0 Å². The first-order valence-electron chi connectivity index (χ1n) is 9.09. The van der Waals surface area contributed by atoms with Gasteiger partial charge in [0.1, 0.15) is 5.75 Å². The molecule has 1 saturated heterocycles.